The highest BCUT2D eigenvalue weighted by Crippen LogP contribution is 2.45. The topological polar surface area (TPSA) is 46.6 Å². The molecule has 21 heavy (non-hydrogen) atoms. The quantitative estimate of drug-likeness (QED) is 0.858. The minimum absolute atomic E-state index is 0.115. The molecule has 4 nitrogen and oxygen atoms in total. The number of sulfonamides is 1. The second-order valence-corrected chi connectivity index (χ2v) is 8.59. The summed E-state index contributed by atoms with van der Waals surface area (Å²) in [4.78, 5) is 0. The van der Waals surface area contributed by atoms with Crippen molar-refractivity contribution in [1.82, 2.24) is 4.31 Å². The third kappa shape index (κ3) is 2.31. The number of hydrogen-bond donors (Lipinski definition) is 0. The second kappa shape index (κ2) is 5.07. The average molecular weight is 307 g/mol. The minimum Gasteiger partial charge on any atom is -0.381 e. The molecule has 1 aliphatic carbocycles. The van der Waals surface area contributed by atoms with Crippen LogP contribution in [0.2, 0.25) is 0 Å². The number of rotatable bonds is 3. The number of nitrogens with zero attached hydrogens (tertiary/aromatic N) is 1. The van der Waals surface area contributed by atoms with Gasteiger partial charge in [-0.25, -0.2) is 8.42 Å². The molecule has 3 atom stereocenters. The van der Waals surface area contributed by atoms with Gasteiger partial charge in [-0.15, -0.1) is 0 Å². The predicted octanol–water partition coefficient (Wildman–Crippen LogP) is 1.98. The van der Waals surface area contributed by atoms with Gasteiger partial charge in [-0.1, -0.05) is 30.3 Å². The molecule has 3 fully saturated rings. The predicted molar refractivity (Wildman–Crippen MR) is 80.5 cm³/mol. The Balaban J connectivity index is 1.68. The first-order chi connectivity index (χ1) is 10.2. The van der Waals surface area contributed by atoms with Crippen molar-refractivity contribution in [3.63, 3.8) is 0 Å². The lowest BCUT2D eigenvalue weighted by Gasteiger charge is -2.32. The van der Waals surface area contributed by atoms with Crippen molar-refractivity contribution in [3.8, 4) is 0 Å². The first-order valence-electron chi connectivity index (χ1n) is 7.81. The second-order valence-electron chi connectivity index (χ2n) is 6.43. The number of benzene rings is 1. The van der Waals surface area contributed by atoms with E-state index < -0.39 is 10.0 Å². The standard InChI is InChI=1S/C16H21NO3S/c18-21(19,13-6-7-13)17-10-14(12-4-2-1-3-5-12)15-11-20-9-8-16(15)17/h1-5,13-16H,6-11H2. The maximum absolute atomic E-state index is 12.7. The molecule has 0 amide bonds. The monoisotopic (exact) mass is 307 g/mol. The molecule has 5 heteroatoms. The number of hydrogen-bond acceptors (Lipinski definition) is 3. The summed E-state index contributed by atoms with van der Waals surface area (Å²) in [5, 5.41) is -0.115. The summed E-state index contributed by atoms with van der Waals surface area (Å²) in [5.74, 6) is 0.569. The molecule has 0 N–H and O–H groups in total. The number of ether oxygens (including phenoxy) is 1. The van der Waals surface area contributed by atoms with E-state index in [1.807, 2.05) is 22.5 Å². The first kappa shape index (κ1) is 13.7. The normalized spacial score (nSPS) is 33.8. The van der Waals surface area contributed by atoms with Gasteiger partial charge in [-0.2, -0.15) is 4.31 Å². The maximum Gasteiger partial charge on any atom is 0.217 e. The van der Waals surface area contributed by atoms with Crippen molar-refractivity contribution in [2.45, 2.75) is 36.5 Å². The van der Waals surface area contributed by atoms with Gasteiger partial charge in [-0.05, 0) is 24.8 Å². The Labute approximate surface area is 126 Å². The molecule has 0 radical (unpaired) electrons. The fourth-order valence-electron chi connectivity index (χ4n) is 3.86. The van der Waals surface area contributed by atoms with E-state index in [0.717, 1.165) is 19.3 Å². The van der Waals surface area contributed by atoms with Crippen LogP contribution in [0, 0.1) is 5.92 Å². The molecule has 0 spiro atoms. The van der Waals surface area contributed by atoms with E-state index in [-0.39, 0.29) is 17.2 Å². The van der Waals surface area contributed by atoms with Gasteiger partial charge in [0.2, 0.25) is 10.0 Å². The van der Waals surface area contributed by atoms with Gasteiger partial charge in [-0.3, -0.25) is 0 Å². The Bertz CT molecular complexity index is 612. The summed E-state index contributed by atoms with van der Waals surface area (Å²) in [6.45, 7) is 1.99. The lowest BCUT2D eigenvalue weighted by molar-refractivity contribution is 0.0323. The Morgan fingerprint density at radius 2 is 1.86 bits per heavy atom. The molecule has 2 heterocycles. The smallest absolute Gasteiger partial charge is 0.217 e. The molecular weight excluding hydrogens is 286 g/mol. The lowest BCUT2D eigenvalue weighted by Crippen LogP contribution is -2.43. The van der Waals surface area contributed by atoms with Crippen LogP contribution in [0.4, 0.5) is 0 Å². The van der Waals surface area contributed by atoms with Crippen molar-refractivity contribution >= 4 is 10.0 Å². The fourth-order valence-corrected chi connectivity index (χ4v) is 5.98. The summed E-state index contributed by atoms with van der Waals surface area (Å²) in [6, 6.07) is 10.4. The summed E-state index contributed by atoms with van der Waals surface area (Å²) < 4.78 is 32.9. The van der Waals surface area contributed by atoms with Gasteiger partial charge in [0.15, 0.2) is 0 Å². The molecule has 3 aliphatic rings. The van der Waals surface area contributed by atoms with Crippen LogP contribution in [0.25, 0.3) is 0 Å². The molecule has 3 unspecified atom stereocenters. The van der Waals surface area contributed by atoms with Crippen LogP contribution >= 0.6 is 0 Å². The average Bonchev–Trinajstić information content (AvgIpc) is 3.29. The first-order valence-corrected chi connectivity index (χ1v) is 9.31. The van der Waals surface area contributed by atoms with Gasteiger partial charge >= 0.3 is 0 Å². The van der Waals surface area contributed by atoms with Crippen molar-refractivity contribution < 1.29 is 13.2 Å². The molecule has 1 saturated carbocycles. The van der Waals surface area contributed by atoms with Crippen LogP contribution in [0.15, 0.2) is 30.3 Å². The van der Waals surface area contributed by atoms with Crippen molar-refractivity contribution in [2.75, 3.05) is 19.8 Å². The van der Waals surface area contributed by atoms with Gasteiger partial charge in [0.25, 0.3) is 0 Å². The minimum atomic E-state index is -3.10. The SMILES string of the molecule is O=S(=O)(C1CC1)N1CC(c2ccccc2)C2COCCC21. The Morgan fingerprint density at radius 3 is 2.57 bits per heavy atom. The summed E-state index contributed by atoms with van der Waals surface area (Å²) >= 11 is 0. The summed E-state index contributed by atoms with van der Waals surface area (Å²) in [5.41, 5.74) is 1.24. The maximum atomic E-state index is 12.7. The molecule has 2 aliphatic heterocycles. The highest BCUT2D eigenvalue weighted by atomic mass is 32.2. The van der Waals surface area contributed by atoms with Gasteiger partial charge in [0.05, 0.1) is 11.9 Å². The zero-order valence-electron chi connectivity index (χ0n) is 12.0. The highest BCUT2D eigenvalue weighted by molar-refractivity contribution is 7.90. The van der Waals surface area contributed by atoms with Crippen LogP contribution < -0.4 is 0 Å². The molecular formula is C16H21NO3S. The van der Waals surface area contributed by atoms with E-state index in [0.29, 0.717) is 25.7 Å². The zero-order valence-corrected chi connectivity index (χ0v) is 12.8. The van der Waals surface area contributed by atoms with Crippen LogP contribution in [0.3, 0.4) is 0 Å². The van der Waals surface area contributed by atoms with Crippen LogP contribution in [0.1, 0.15) is 30.7 Å². The van der Waals surface area contributed by atoms with Crippen molar-refractivity contribution in [1.29, 1.82) is 0 Å². The molecule has 1 aromatic rings. The third-order valence-electron chi connectivity index (χ3n) is 5.13. The van der Waals surface area contributed by atoms with Crippen molar-refractivity contribution in [2.24, 2.45) is 5.92 Å². The third-order valence-corrected chi connectivity index (χ3v) is 7.51. The van der Waals surface area contributed by atoms with E-state index in [9.17, 15) is 8.42 Å². The van der Waals surface area contributed by atoms with Crippen LogP contribution in [0.5, 0.6) is 0 Å². The summed E-state index contributed by atoms with van der Waals surface area (Å²) in [6.07, 6.45) is 2.51. The molecule has 4 rings (SSSR count). The van der Waals surface area contributed by atoms with E-state index in [1.165, 1.54) is 5.56 Å². The highest BCUT2D eigenvalue weighted by Gasteiger charge is 2.52. The van der Waals surface area contributed by atoms with Crippen LogP contribution in [-0.2, 0) is 14.8 Å². The molecule has 0 aromatic heterocycles. The Hall–Kier alpha value is -0.910. The lowest BCUT2D eigenvalue weighted by atomic mass is 9.84. The zero-order chi connectivity index (χ0) is 14.4. The van der Waals surface area contributed by atoms with Gasteiger partial charge in [0.1, 0.15) is 0 Å². The molecule has 114 valence electrons. The molecule has 1 aromatic carbocycles. The van der Waals surface area contributed by atoms with Gasteiger partial charge < -0.3 is 4.74 Å². The van der Waals surface area contributed by atoms with Crippen LogP contribution in [-0.4, -0.2) is 43.8 Å². The Kier molecular flexibility index (Phi) is 3.32. The van der Waals surface area contributed by atoms with Gasteiger partial charge in [0, 0.05) is 31.0 Å². The van der Waals surface area contributed by atoms with E-state index in [1.54, 1.807) is 0 Å². The number of fused-ring (bicyclic) bond motifs is 1. The van der Waals surface area contributed by atoms with E-state index >= 15 is 0 Å². The van der Waals surface area contributed by atoms with Crippen molar-refractivity contribution in [3.05, 3.63) is 35.9 Å². The summed E-state index contributed by atoms with van der Waals surface area (Å²) in [7, 11) is -3.10. The molecule has 0 bridgehead atoms. The van der Waals surface area contributed by atoms with E-state index in [2.05, 4.69) is 12.1 Å². The Morgan fingerprint density at radius 1 is 1.10 bits per heavy atom. The van der Waals surface area contributed by atoms with E-state index in [4.69, 9.17) is 4.74 Å². The largest absolute Gasteiger partial charge is 0.381 e. The fraction of sp³-hybridized carbons (Fsp3) is 0.625. The molecule has 2 saturated heterocycles.